The number of carbonyl (C=O) groups excluding carboxylic acids is 1. The largest absolute Gasteiger partial charge is 0.469 e. The van der Waals surface area contributed by atoms with Crippen LogP contribution in [0, 0.1) is 0 Å². The zero-order chi connectivity index (χ0) is 15.6. The predicted octanol–water partition coefficient (Wildman–Crippen LogP) is 6.25. The smallest absolute Gasteiger partial charge is 0.305 e. The van der Waals surface area contributed by atoms with Crippen molar-refractivity contribution in [2.75, 3.05) is 13.0 Å². The van der Waals surface area contributed by atoms with Crippen molar-refractivity contribution in [3.8, 4) is 0 Å². The number of ether oxygens (including phenoxy) is 1. The summed E-state index contributed by atoms with van der Waals surface area (Å²) in [6.45, 7) is 0. The second-order valence-electron chi connectivity index (χ2n) is 5.96. The van der Waals surface area contributed by atoms with Gasteiger partial charge in [0.2, 0.25) is 0 Å². The lowest BCUT2D eigenvalue weighted by atomic mass is 10.0. The van der Waals surface area contributed by atoms with Gasteiger partial charge in [-0.1, -0.05) is 77.0 Å². The summed E-state index contributed by atoms with van der Waals surface area (Å²) in [4.78, 5) is 10.9. The maximum atomic E-state index is 10.9. The molecular formula is C18H35ClO2. The second-order valence-corrected chi connectivity index (χ2v) is 6.34. The summed E-state index contributed by atoms with van der Waals surface area (Å²) in [5.74, 6) is 0.750. The van der Waals surface area contributed by atoms with Crippen LogP contribution in [0.15, 0.2) is 0 Å². The summed E-state index contributed by atoms with van der Waals surface area (Å²) in [5, 5.41) is 0. The van der Waals surface area contributed by atoms with Crippen molar-refractivity contribution in [2.45, 2.75) is 96.3 Å². The van der Waals surface area contributed by atoms with E-state index in [4.69, 9.17) is 11.6 Å². The van der Waals surface area contributed by atoms with Gasteiger partial charge >= 0.3 is 5.97 Å². The molecule has 0 saturated heterocycles. The Morgan fingerprint density at radius 2 is 1.00 bits per heavy atom. The molecule has 0 amide bonds. The van der Waals surface area contributed by atoms with Crippen LogP contribution in [0.5, 0.6) is 0 Å². The molecule has 0 spiro atoms. The molecular weight excluding hydrogens is 284 g/mol. The molecule has 0 aliphatic carbocycles. The van der Waals surface area contributed by atoms with Crippen LogP contribution in [-0.2, 0) is 9.53 Å². The van der Waals surface area contributed by atoms with Crippen LogP contribution in [0.25, 0.3) is 0 Å². The highest BCUT2D eigenvalue weighted by atomic mass is 35.5. The number of unbranched alkanes of at least 4 members (excludes halogenated alkanes) is 13. The number of alkyl halides is 1. The van der Waals surface area contributed by atoms with Crippen LogP contribution < -0.4 is 0 Å². The van der Waals surface area contributed by atoms with Gasteiger partial charge in [0.05, 0.1) is 7.11 Å². The van der Waals surface area contributed by atoms with Gasteiger partial charge < -0.3 is 4.74 Å². The molecule has 126 valence electrons. The van der Waals surface area contributed by atoms with E-state index in [0.717, 1.165) is 18.7 Å². The van der Waals surface area contributed by atoms with Crippen LogP contribution >= 0.6 is 11.6 Å². The van der Waals surface area contributed by atoms with E-state index >= 15 is 0 Å². The molecule has 0 radical (unpaired) electrons. The minimum atomic E-state index is -0.0716. The summed E-state index contributed by atoms with van der Waals surface area (Å²) in [7, 11) is 1.46. The molecule has 3 heteroatoms. The summed E-state index contributed by atoms with van der Waals surface area (Å²) in [6, 6.07) is 0. The lowest BCUT2D eigenvalue weighted by Crippen LogP contribution is -1.99. The van der Waals surface area contributed by atoms with Gasteiger partial charge in [0, 0.05) is 12.3 Å². The zero-order valence-electron chi connectivity index (χ0n) is 14.0. The molecule has 0 rings (SSSR count). The molecule has 21 heavy (non-hydrogen) atoms. The first kappa shape index (κ1) is 20.8. The number of esters is 1. The van der Waals surface area contributed by atoms with Gasteiger partial charge in [-0.15, -0.1) is 11.6 Å². The van der Waals surface area contributed by atoms with E-state index in [1.54, 1.807) is 0 Å². The van der Waals surface area contributed by atoms with Crippen LogP contribution in [0.1, 0.15) is 96.3 Å². The fourth-order valence-electron chi connectivity index (χ4n) is 2.59. The lowest BCUT2D eigenvalue weighted by molar-refractivity contribution is -0.140. The minimum Gasteiger partial charge on any atom is -0.469 e. The van der Waals surface area contributed by atoms with Crippen molar-refractivity contribution >= 4 is 17.6 Å². The Bertz CT molecular complexity index is 219. The number of rotatable bonds is 16. The van der Waals surface area contributed by atoms with E-state index in [-0.39, 0.29) is 5.97 Å². The summed E-state index contributed by atoms with van der Waals surface area (Å²) >= 11 is 5.65. The van der Waals surface area contributed by atoms with Gasteiger partial charge in [0.1, 0.15) is 0 Å². The van der Waals surface area contributed by atoms with Gasteiger partial charge in [-0.05, 0) is 12.8 Å². The van der Waals surface area contributed by atoms with Crippen molar-refractivity contribution in [1.82, 2.24) is 0 Å². The molecule has 0 N–H and O–H groups in total. The van der Waals surface area contributed by atoms with Gasteiger partial charge in [0.25, 0.3) is 0 Å². The first-order chi connectivity index (χ1) is 10.3. The molecule has 0 aromatic carbocycles. The van der Waals surface area contributed by atoms with Crippen molar-refractivity contribution in [2.24, 2.45) is 0 Å². The number of methoxy groups -OCH3 is 1. The predicted molar refractivity (Wildman–Crippen MR) is 92.0 cm³/mol. The van der Waals surface area contributed by atoms with Gasteiger partial charge in [-0.2, -0.15) is 0 Å². The third kappa shape index (κ3) is 17.7. The average Bonchev–Trinajstić information content (AvgIpc) is 2.50. The highest BCUT2D eigenvalue weighted by Crippen LogP contribution is 2.13. The van der Waals surface area contributed by atoms with E-state index in [2.05, 4.69) is 4.74 Å². The molecule has 2 nitrogen and oxygen atoms in total. The Balaban J connectivity index is 2.98. The number of hydrogen-bond acceptors (Lipinski definition) is 2. The molecule has 0 atom stereocenters. The molecule has 0 aliphatic heterocycles. The third-order valence-electron chi connectivity index (χ3n) is 3.99. The fraction of sp³-hybridized carbons (Fsp3) is 0.944. The second kappa shape index (κ2) is 17.8. The van der Waals surface area contributed by atoms with E-state index in [0.29, 0.717) is 6.42 Å². The molecule has 0 aliphatic rings. The number of carbonyl (C=O) groups is 1. The summed E-state index contributed by atoms with van der Waals surface area (Å²) in [6.07, 6.45) is 18.9. The minimum absolute atomic E-state index is 0.0716. The molecule has 0 saturated carbocycles. The van der Waals surface area contributed by atoms with E-state index < -0.39 is 0 Å². The Labute approximate surface area is 137 Å². The first-order valence-corrected chi connectivity index (χ1v) is 9.47. The van der Waals surface area contributed by atoms with Gasteiger partial charge in [-0.3, -0.25) is 4.79 Å². The van der Waals surface area contributed by atoms with Crippen LogP contribution in [0.3, 0.4) is 0 Å². The van der Waals surface area contributed by atoms with E-state index in [1.165, 1.54) is 84.2 Å². The zero-order valence-corrected chi connectivity index (χ0v) is 14.8. The number of halogens is 1. The van der Waals surface area contributed by atoms with Gasteiger partial charge in [-0.25, -0.2) is 0 Å². The van der Waals surface area contributed by atoms with E-state index in [1.807, 2.05) is 0 Å². The Morgan fingerprint density at radius 3 is 1.33 bits per heavy atom. The molecule has 0 fully saturated rings. The van der Waals surface area contributed by atoms with E-state index in [9.17, 15) is 4.79 Å². The van der Waals surface area contributed by atoms with Crippen LogP contribution in [-0.4, -0.2) is 19.0 Å². The quantitative estimate of drug-likeness (QED) is 0.191. The van der Waals surface area contributed by atoms with Crippen molar-refractivity contribution < 1.29 is 9.53 Å². The lowest BCUT2D eigenvalue weighted by Gasteiger charge is -2.03. The highest BCUT2D eigenvalue weighted by Gasteiger charge is 1.99. The summed E-state index contributed by atoms with van der Waals surface area (Å²) < 4.78 is 4.62. The summed E-state index contributed by atoms with van der Waals surface area (Å²) in [5.41, 5.74) is 0. The molecule has 0 aromatic rings. The van der Waals surface area contributed by atoms with Crippen molar-refractivity contribution in [3.63, 3.8) is 0 Å². The molecule has 0 bridgehead atoms. The Kier molecular flexibility index (Phi) is 17.6. The van der Waals surface area contributed by atoms with Crippen LogP contribution in [0.2, 0.25) is 0 Å². The fourth-order valence-corrected chi connectivity index (χ4v) is 2.78. The normalized spacial score (nSPS) is 10.8. The topological polar surface area (TPSA) is 26.3 Å². The Morgan fingerprint density at radius 1 is 0.667 bits per heavy atom. The van der Waals surface area contributed by atoms with Crippen LogP contribution in [0.4, 0.5) is 0 Å². The maximum Gasteiger partial charge on any atom is 0.305 e. The average molecular weight is 319 g/mol. The maximum absolute atomic E-state index is 10.9. The Hall–Kier alpha value is -0.240. The standard InChI is InChI=1S/C18H35ClO2/c1-21-18(20)16-14-12-10-8-6-4-2-3-5-7-9-11-13-15-17-19/h2-17H2,1H3. The first-order valence-electron chi connectivity index (χ1n) is 8.94. The SMILES string of the molecule is COC(=O)CCCCCCCCCCCCCCCCCl. The molecule has 0 unspecified atom stereocenters. The van der Waals surface area contributed by atoms with Crippen molar-refractivity contribution in [1.29, 1.82) is 0 Å². The molecule has 0 aromatic heterocycles. The third-order valence-corrected chi connectivity index (χ3v) is 4.26. The van der Waals surface area contributed by atoms with Crippen molar-refractivity contribution in [3.05, 3.63) is 0 Å². The molecule has 0 heterocycles. The number of hydrogen-bond donors (Lipinski definition) is 0. The monoisotopic (exact) mass is 318 g/mol. The highest BCUT2D eigenvalue weighted by molar-refractivity contribution is 6.17. The van der Waals surface area contributed by atoms with Gasteiger partial charge in [0.15, 0.2) is 0 Å².